The van der Waals surface area contributed by atoms with Gasteiger partial charge in [-0.1, -0.05) is 60.7 Å². The number of nitrogens with zero attached hydrogens (tertiary/aromatic N) is 2. The Hall–Kier alpha value is -7.79. The zero-order valence-electron chi connectivity index (χ0n) is 33.8. The van der Waals surface area contributed by atoms with Crippen molar-refractivity contribution < 1.29 is 97.2 Å². The van der Waals surface area contributed by atoms with E-state index in [0.717, 1.165) is 16.8 Å². The van der Waals surface area contributed by atoms with E-state index in [4.69, 9.17) is 0 Å². The van der Waals surface area contributed by atoms with Gasteiger partial charge in [0.15, 0.2) is 76.0 Å². The summed E-state index contributed by atoms with van der Waals surface area (Å²) in [7, 11) is 0. The second-order valence-corrected chi connectivity index (χ2v) is 14.7. The molecule has 0 saturated carbocycles. The number of benzene rings is 7. The number of carbonyl (C=O) groups excluding carboxylic acids is 1. The van der Waals surface area contributed by atoms with Crippen molar-refractivity contribution in [2.24, 2.45) is 0 Å². The van der Waals surface area contributed by atoms with Crippen LogP contribution < -0.4 is 26.4 Å². The lowest BCUT2D eigenvalue weighted by molar-refractivity contribution is -0.672. The van der Waals surface area contributed by atoms with Crippen LogP contribution in [0.5, 0.6) is 0 Å². The maximum Gasteiger partial charge on any atom is 0.231 e. The summed E-state index contributed by atoms with van der Waals surface area (Å²) in [4.78, 5) is 16.8. The zero-order valence-corrected chi connectivity index (χ0v) is 33.8. The summed E-state index contributed by atoms with van der Waals surface area (Å²) < 4.78 is 296. The van der Waals surface area contributed by atoms with Crippen LogP contribution in [0.25, 0.3) is 22.0 Å². The Bertz CT molecular complexity index is 3070. The van der Waals surface area contributed by atoms with Crippen LogP contribution in [0.15, 0.2) is 91.4 Å². The van der Waals surface area contributed by atoms with Crippen molar-refractivity contribution in [1.82, 2.24) is 4.98 Å². The lowest BCUT2D eigenvalue weighted by Gasteiger charge is -2.44. The minimum Gasteiger partial charge on any atom is -0.287 e. The molecule has 0 atom stereocenters. The van der Waals surface area contributed by atoms with Crippen molar-refractivity contribution in [2.75, 3.05) is 0 Å². The fourth-order valence-electron chi connectivity index (χ4n) is 7.86. The van der Waals surface area contributed by atoms with Gasteiger partial charge < -0.3 is 0 Å². The second kappa shape index (κ2) is 19.0. The van der Waals surface area contributed by atoms with Gasteiger partial charge in [0.2, 0.25) is 18.0 Å². The minimum absolute atomic E-state index is 0.0823. The molecule has 24 heteroatoms. The first-order valence-corrected chi connectivity index (χ1v) is 19.2. The molecule has 0 saturated heterocycles. The van der Waals surface area contributed by atoms with E-state index in [2.05, 4.69) is 35.3 Å². The highest BCUT2D eigenvalue weighted by Gasteiger charge is 2.52. The van der Waals surface area contributed by atoms with E-state index < -0.39 is 144 Å². The molecule has 70 heavy (non-hydrogen) atoms. The van der Waals surface area contributed by atoms with E-state index in [-0.39, 0.29) is 12.3 Å². The summed E-state index contributed by atoms with van der Waals surface area (Å²) >= 11 is 0. The van der Waals surface area contributed by atoms with Gasteiger partial charge in [-0.25, -0.2) is 87.8 Å². The Labute approximate surface area is 377 Å². The molecule has 0 aliphatic carbocycles. The number of Topliss-reactive ketones (excluding diaryl/α,β-unsaturated/α-hetero) is 1. The summed E-state index contributed by atoms with van der Waals surface area (Å²) in [6.45, 7) is 0.286. The van der Waals surface area contributed by atoms with E-state index in [1.165, 1.54) is 10.8 Å². The molecule has 1 heterocycles. The third-order valence-corrected chi connectivity index (χ3v) is 11.0. The first-order valence-electron chi connectivity index (χ1n) is 19.2. The molecule has 0 aliphatic heterocycles. The van der Waals surface area contributed by atoms with Crippen molar-refractivity contribution in [3.8, 4) is 11.3 Å². The molecule has 0 fully saturated rings. The average molecular weight is 1000 g/mol. The number of ketones is 1. The SMILES string of the molecule is Fc1c(F)c(F)c([B-](c2c(F)c(F)c(F)c(F)c2F)(c2c(F)c(F)c(F)c(F)c2F)c2c(F)c(F)c(F)c(F)c2F)c(F)c1F.O=C(C[n+]1ccncc1-c1ccc2ccccc2c1)c1ccccc1. The summed E-state index contributed by atoms with van der Waals surface area (Å²) in [6, 6.07) is 23.9. The normalized spacial score (nSPS) is 11.5. The molecule has 0 bridgehead atoms. The monoisotopic (exact) mass is 1000 g/mol. The number of carbonyl (C=O) groups is 1. The van der Waals surface area contributed by atoms with E-state index in [9.17, 15) is 57.5 Å². The van der Waals surface area contributed by atoms with E-state index in [1.807, 2.05) is 59.4 Å². The van der Waals surface area contributed by atoms with Gasteiger partial charge >= 0.3 is 0 Å². The Kier molecular flexibility index (Phi) is 13.6. The molecule has 3 nitrogen and oxygen atoms in total. The Morgan fingerprint density at radius 3 is 1.10 bits per heavy atom. The molecule has 0 N–H and O–H groups in total. The van der Waals surface area contributed by atoms with Crippen LogP contribution in [0, 0.1) is 116 Å². The summed E-state index contributed by atoms with van der Waals surface area (Å²) in [5.74, 6) is -71.3. The van der Waals surface area contributed by atoms with Gasteiger partial charge in [-0.2, -0.15) is 4.57 Å². The van der Waals surface area contributed by atoms with Crippen LogP contribution in [0.2, 0.25) is 0 Å². The smallest absolute Gasteiger partial charge is 0.231 e. The highest BCUT2D eigenvalue weighted by Crippen LogP contribution is 2.31. The predicted octanol–water partition coefficient (Wildman–Crippen LogP) is 9.92. The molecular weight excluding hydrogens is 987 g/mol. The van der Waals surface area contributed by atoms with Gasteiger partial charge in [0.05, 0.1) is 12.4 Å². The third-order valence-electron chi connectivity index (χ3n) is 11.0. The van der Waals surface area contributed by atoms with Crippen molar-refractivity contribution in [3.63, 3.8) is 0 Å². The molecule has 360 valence electrons. The molecule has 8 rings (SSSR count). The van der Waals surface area contributed by atoms with Crippen molar-refractivity contribution in [3.05, 3.63) is 213 Å². The molecule has 0 spiro atoms. The first kappa shape index (κ1) is 50.1. The number of aromatic nitrogens is 2. The van der Waals surface area contributed by atoms with Crippen LogP contribution in [0.3, 0.4) is 0 Å². The summed E-state index contributed by atoms with van der Waals surface area (Å²) in [5.41, 5.74) is -11.6. The van der Waals surface area contributed by atoms with Gasteiger partial charge in [0.25, 0.3) is 0 Å². The Morgan fingerprint density at radius 1 is 0.400 bits per heavy atom. The molecule has 8 aromatic rings. The minimum atomic E-state index is -7.22. The van der Waals surface area contributed by atoms with Crippen molar-refractivity contribution >= 4 is 44.6 Å². The van der Waals surface area contributed by atoms with Gasteiger partial charge in [-0.05, 0) is 22.9 Å². The van der Waals surface area contributed by atoms with Crippen molar-refractivity contribution in [1.29, 1.82) is 0 Å². The van der Waals surface area contributed by atoms with Crippen LogP contribution in [-0.4, -0.2) is 16.9 Å². The molecule has 0 radical (unpaired) electrons. The number of halogens is 20. The average Bonchev–Trinajstić information content (AvgIpc) is 3.36. The molecule has 0 aliphatic rings. The van der Waals surface area contributed by atoms with Gasteiger partial charge in [-0.3, -0.25) is 9.78 Å². The quantitative estimate of drug-likeness (QED) is 0.0380. The molecule has 1 aromatic heterocycles. The van der Waals surface area contributed by atoms with Crippen LogP contribution in [0.4, 0.5) is 87.8 Å². The van der Waals surface area contributed by atoms with Crippen molar-refractivity contribution in [2.45, 2.75) is 6.54 Å². The van der Waals surface area contributed by atoms with E-state index >= 15 is 35.1 Å². The molecule has 0 amide bonds. The highest BCUT2D eigenvalue weighted by atomic mass is 19.2. The summed E-state index contributed by atoms with van der Waals surface area (Å²) in [5, 5.41) is 2.37. The molecule has 0 unspecified atom stereocenters. The number of hydrogen-bond acceptors (Lipinski definition) is 2. The fraction of sp³-hybridized carbons (Fsp3) is 0.0217. The van der Waals surface area contributed by atoms with E-state index in [1.54, 1.807) is 6.20 Å². The second-order valence-electron chi connectivity index (χ2n) is 14.7. The number of rotatable bonds is 8. The van der Waals surface area contributed by atoms with Gasteiger partial charge in [0.1, 0.15) is 52.7 Å². The first-order chi connectivity index (χ1) is 33.0. The maximum absolute atomic E-state index is 15.4. The zero-order chi connectivity index (χ0) is 51.4. The highest BCUT2D eigenvalue weighted by molar-refractivity contribution is 7.20. The number of hydrogen-bond donors (Lipinski definition) is 0. The topological polar surface area (TPSA) is 33.8 Å². The van der Waals surface area contributed by atoms with Crippen LogP contribution >= 0.6 is 0 Å². The van der Waals surface area contributed by atoms with Crippen LogP contribution in [-0.2, 0) is 6.54 Å². The number of fused-ring (bicyclic) bond motifs is 1. The van der Waals surface area contributed by atoms with Gasteiger partial charge in [-0.15, -0.1) is 21.9 Å². The summed E-state index contributed by atoms with van der Waals surface area (Å²) in [6.07, 6.45) is -1.85. The molecular formula is C46H17BF20N2O. The largest absolute Gasteiger partial charge is 0.287 e. The van der Waals surface area contributed by atoms with Crippen LogP contribution in [0.1, 0.15) is 10.4 Å². The predicted molar refractivity (Wildman–Crippen MR) is 207 cm³/mol. The maximum atomic E-state index is 15.4. The van der Waals surface area contributed by atoms with Gasteiger partial charge in [0, 0.05) is 11.1 Å². The third kappa shape index (κ3) is 7.93. The Morgan fingerprint density at radius 2 is 0.729 bits per heavy atom. The standard InChI is InChI=1S/C24BF20.C22H17N2O/c26-5-1(6(27)14(35)21(42)13(5)34)25(2-7(28)15(36)22(43)16(37)8(2)29,3-9(30)17(38)23(44)18(39)10(3)31)4-11(32)19(40)24(45)20(41)12(4)33;25-22(18-7-2-1-3-8-18)16-24-13-12-23-15-21(24)20-11-10-17-6-4-5-9-19(17)14-20/h;1-15H,16H2/q-1;+1. The lowest BCUT2D eigenvalue weighted by atomic mass is 9.12. The Balaban J connectivity index is 0.000000242. The lowest BCUT2D eigenvalue weighted by Crippen LogP contribution is -2.81. The molecule has 7 aromatic carbocycles. The fourth-order valence-corrected chi connectivity index (χ4v) is 7.86. The van der Waals surface area contributed by atoms with E-state index in [0.29, 0.717) is 0 Å².